The standard InChI is InChI=1S/C23H26N4O3/c24-21(28)12-13-26(15-16-6-2-1-3-7-16)22(29)17-10-11-20-19(14-17)25-23(30)27(20)18-8-4-5-9-18/h1-3,6-7,10-11,14,18H,4-5,8-9,12-13,15H2,(H2,24,28)(H,25,30). The Balaban J connectivity index is 1.63. The number of nitrogens with one attached hydrogen (secondary N) is 1. The number of nitrogens with zero attached hydrogens (tertiary/aromatic N) is 2. The van der Waals surface area contributed by atoms with Crippen LogP contribution in [-0.2, 0) is 11.3 Å². The highest BCUT2D eigenvalue weighted by molar-refractivity contribution is 5.97. The number of hydrogen-bond acceptors (Lipinski definition) is 3. The first-order chi connectivity index (χ1) is 14.5. The van der Waals surface area contributed by atoms with E-state index in [0.717, 1.165) is 36.8 Å². The molecule has 4 rings (SSSR count). The lowest BCUT2D eigenvalue weighted by molar-refractivity contribution is -0.118. The van der Waals surface area contributed by atoms with Crippen LogP contribution >= 0.6 is 0 Å². The van der Waals surface area contributed by atoms with Crippen LogP contribution in [0.4, 0.5) is 0 Å². The highest BCUT2D eigenvalue weighted by Gasteiger charge is 2.23. The first-order valence-corrected chi connectivity index (χ1v) is 10.4. The quantitative estimate of drug-likeness (QED) is 0.631. The molecule has 1 heterocycles. The third-order valence-corrected chi connectivity index (χ3v) is 5.78. The minimum absolute atomic E-state index is 0.0930. The molecule has 0 bridgehead atoms. The smallest absolute Gasteiger partial charge is 0.326 e. The summed E-state index contributed by atoms with van der Waals surface area (Å²) in [7, 11) is 0. The molecular formula is C23H26N4O3. The Kier molecular flexibility index (Phi) is 5.70. The average molecular weight is 406 g/mol. The summed E-state index contributed by atoms with van der Waals surface area (Å²) in [5.41, 5.74) is 8.11. The molecule has 0 spiro atoms. The zero-order valence-electron chi connectivity index (χ0n) is 16.8. The summed E-state index contributed by atoms with van der Waals surface area (Å²) in [5.74, 6) is -0.647. The summed E-state index contributed by atoms with van der Waals surface area (Å²) < 4.78 is 1.82. The lowest BCUT2D eigenvalue weighted by Crippen LogP contribution is -2.33. The largest absolute Gasteiger partial charge is 0.370 e. The number of carbonyl (C=O) groups is 2. The maximum absolute atomic E-state index is 13.2. The molecule has 1 saturated carbocycles. The molecule has 0 aliphatic heterocycles. The number of primary amides is 1. The Bertz CT molecular complexity index is 1110. The number of hydrogen-bond donors (Lipinski definition) is 2. The van der Waals surface area contributed by atoms with E-state index >= 15 is 0 Å². The van der Waals surface area contributed by atoms with Gasteiger partial charge >= 0.3 is 5.69 Å². The SMILES string of the molecule is NC(=O)CCN(Cc1ccccc1)C(=O)c1ccc2c(c1)[nH]c(=O)n2C1CCCC1. The van der Waals surface area contributed by atoms with Gasteiger partial charge in [-0.3, -0.25) is 14.2 Å². The second kappa shape index (κ2) is 8.57. The molecule has 1 aliphatic rings. The number of H-pyrrole nitrogens is 1. The number of nitrogens with two attached hydrogens (primary N) is 1. The summed E-state index contributed by atoms with van der Waals surface area (Å²) >= 11 is 0. The molecular weight excluding hydrogens is 380 g/mol. The molecule has 3 aromatic rings. The van der Waals surface area contributed by atoms with Crippen LogP contribution in [0.25, 0.3) is 11.0 Å². The van der Waals surface area contributed by atoms with Crippen LogP contribution < -0.4 is 11.4 Å². The number of imidazole rings is 1. The zero-order valence-corrected chi connectivity index (χ0v) is 16.8. The topological polar surface area (TPSA) is 101 Å². The molecule has 30 heavy (non-hydrogen) atoms. The number of aromatic amines is 1. The van der Waals surface area contributed by atoms with Gasteiger partial charge in [-0.05, 0) is 36.6 Å². The first kappa shape index (κ1) is 19.9. The van der Waals surface area contributed by atoms with Gasteiger partial charge < -0.3 is 15.6 Å². The fourth-order valence-corrected chi connectivity index (χ4v) is 4.27. The number of carbonyl (C=O) groups excluding carboxylic acids is 2. The van der Waals surface area contributed by atoms with Gasteiger partial charge in [-0.1, -0.05) is 43.2 Å². The van der Waals surface area contributed by atoms with E-state index in [2.05, 4.69) is 4.98 Å². The normalized spacial score (nSPS) is 14.3. The minimum atomic E-state index is -0.450. The van der Waals surface area contributed by atoms with Gasteiger partial charge in [0.05, 0.1) is 11.0 Å². The molecule has 1 fully saturated rings. The summed E-state index contributed by atoms with van der Waals surface area (Å²) in [6.07, 6.45) is 4.37. The number of benzene rings is 2. The molecule has 3 N–H and O–H groups in total. The third kappa shape index (κ3) is 4.15. The molecule has 156 valence electrons. The molecule has 0 atom stereocenters. The maximum Gasteiger partial charge on any atom is 0.326 e. The Morgan fingerprint density at radius 3 is 2.53 bits per heavy atom. The van der Waals surface area contributed by atoms with Crippen molar-refractivity contribution < 1.29 is 9.59 Å². The third-order valence-electron chi connectivity index (χ3n) is 5.78. The predicted octanol–water partition coefficient (Wildman–Crippen LogP) is 2.96. The van der Waals surface area contributed by atoms with Gasteiger partial charge in [0.2, 0.25) is 5.91 Å². The van der Waals surface area contributed by atoms with Crippen molar-refractivity contribution in [3.63, 3.8) is 0 Å². The Morgan fingerprint density at radius 2 is 1.83 bits per heavy atom. The Hall–Kier alpha value is -3.35. The molecule has 0 unspecified atom stereocenters. The fourth-order valence-electron chi connectivity index (χ4n) is 4.27. The highest BCUT2D eigenvalue weighted by atomic mass is 16.2. The fraction of sp³-hybridized carbons (Fsp3) is 0.348. The lowest BCUT2D eigenvalue weighted by atomic mass is 10.1. The molecule has 1 aromatic heterocycles. The second-order valence-electron chi connectivity index (χ2n) is 7.90. The van der Waals surface area contributed by atoms with Gasteiger partial charge in [0.25, 0.3) is 5.91 Å². The van der Waals surface area contributed by atoms with E-state index in [9.17, 15) is 14.4 Å². The Morgan fingerprint density at radius 1 is 1.10 bits per heavy atom. The first-order valence-electron chi connectivity index (χ1n) is 10.4. The molecule has 2 aromatic carbocycles. The van der Waals surface area contributed by atoms with Crippen LogP contribution in [0.15, 0.2) is 53.3 Å². The van der Waals surface area contributed by atoms with Gasteiger partial charge in [-0.2, -0.15) is 0 Å². The van der Waals surface area contributed by atoms with Crippen molar-refractivity contribution in [2.75, 3.05) is 6.54 Å². The number of fused-ring (bicyclic) bond motifs is 1. The molecule has 7 nitrogen and oxygen atoms in total. The highest BCUT2D eigenvalue weighted by Crippen LogP contribution is 2.30. The molecule has 1 aliphatic carbocycles. The van der Waals surface area contributed by atoms with E-state index < -0.39 is 5.91 Å². The van der Waals surface area contributed by atoms with Crippen LogP contribution in [0.3, 0.4) is 0 Å². The van der Waals surface area contributed by atoms with Crippen molar-refractivity contribution in [3.05, 3.63) is 70.1 Å². The van der Waals surface area contributed by atoms with Gasteiger partial charge in [0.1, 0.15) is 0 Å². The summed E-state index contributed by atoms with van der Waals surface area (Å²) in [6, 6.07) is 15.2. The van der Waals surface area contributed by atoms with Crippen LogP contribution in [-0.4, -0.2) is 32.8 Å². The lowest BCUT2D eigenvalue weighted by Gasteiger charge is -2.22. The number of amides is 2. The van der Waals surface area contributed by atoms with Crippen LogP contribution in [0.5, 0.6) is 0 Å². The minimum Gasteiger partial charge on any atom is -0.370 e. The van der Waals surface area contributed by atoms with E-state index in [-0.39, 0.29) is 30.6 Å². The summed E-state index contributed by atoms with van der Waals surface area (Å²) in [4.78, 5) is 41.6. The summed E-state index contributed by atoms with van der Waals surface area (Å²) in [6.45, 7) is 0.616. The van der Waals surface area contributed by atoms with Crippen molar-refractivity contribution in [2.45, 2.75) is 44.7 Å². The number of rotatable bonds is 7. The molecule has 7 heteroatoms. The van der Waals surface area contributed by atoms with Gasteiger partial charge in [-0.25, -0.2) is 4.79 Å². The average Bonchev–Trinajstić information content (AvgIpc) is 3.37. The zero-order chi connectivity index (χ0) is 21.1. The van der Waals surface area contributed by atoms with Crippen molar-refractivity contribution in [1.29, 1.82) is 0 Å². The molecule has 0 radical (unpaired) electrons. The van der Waals surface area contributed by atoms with E-state index in [1.165, 1.54) is 0 Å². The second-order valence-corrected chi connectivity index (χ2v) is 7.90. The van der Waals surface area contributed by atoms with Crippen LogP contribution in [0, 0.1) is 0 Å². The van der Waals surface area contributed by atoms with Crippen LogP contribution in [0.2, 0.25) is 0 Å². The van der Waals surface area contributed by atoms with Gasteiger partial charge in [0.15, 0.2) is 0 Å². The van der Waals surface area contributed by atoms with Crippen LogP contribution in [0.1, 0.15) is 54.1 Å². The van der Waals surface area contributed by atoms with E-state index in [1.54, 1.807) is 17.0 Å². The monoisotopic (exact) mass is 406 g/mol. The van der Waals surface area contributed by atoms with E-state index in [0.29, 0.717) is 17.6 Å². The van der Waals surface area contributed by atoms with Gasteiger partial charge in [0, 0.05) is 31.1 Å². The molecule has 2 amide bonds. The van der Waals surface area contributed by atoms with Crippen molar-refractivity contribution in [2.24, 2.45) is 5.73 Å². The molecule has 0 saturated heterocycles. The van der Waals surface area contributed by atoms with Crippen molar-refractivity contribution in [1.82, 2.24) is 14.5 Å². The predicted molar refractivity (Wildman–Crippen MR) is 115 cm³/mol. The van der Waals surface area contributed by atoms with Gasteiger partial charge in [-0.15, -0.1) is 0 Å². The van der Waals surface area contributed by atoms with Crippen molar-refractivity contribution >= 4 is 22.8 Å². The van der Waals surface area contributed by atoms with E-state index in [1.807, 2.05) is 41.0 Å². The Labute approximate surface area is 174 Å². The maximum atomic E-state index is 13.2. The summed E-state index contributed by atoms with van der Waals surface area (Å²) in [5, 5.41) is 0. The van der Waals surface area contributed by atoms with Crippen molar-refractivity contribution in [3.8, 4) is 0 Å². The number of aromatic nitrogens is 2. The van der Waals surface area contributed by atoms with E-state index in [4.69, 9.17) is 5.73 Å².